The molecule has 1 unspecified atom stereocenters. The lowest BCUT2D eigenvalue weighted by Gasteiger charge is -2.25. The predicted octanol–water partition coefficient (Wildman–Crippen LogP) is 2.23. The van der Waals surface area contributed by atoms with Crippen molar-refractivity contribution in [2.45, 2.75) is 6.10 Å². The minimum atomic E-state index is -0.312. The molecule has 1 N–H and O–H groups in total. The first-order chi connectivity index (χ1) is 6.70. The highest BCUT2D eigenvalue weighted by Crippen LogP contribution is 2.40. The van der Waals surface area contributed by atoms with E-state index in [1.165, 1.54) is 0 Å². The van der Waals surface area contributed by atoms with Crippen LogP contribution in [-0.2, 0) is 0 Å². The van der Waals surface area contributed by atoms with E-state index >= 15 is 0 Å². The average molecular weight is 280 g/mol. The van der Waals surface area contributed by atoms with E-state index in [9.17, 15) is 0 Å². The molecule has 0 amide bonds. The van der Waals surface area contributed by atoms with Gasteiger partial charge in [-0.3, -0.25) is 0 Å². The van der Waals surface area contributed by atoms with Crippen molar-refractivity contribution in [3.05, 3.63) is 21.6 Å². The molecule has 3 nitrogen and oxygen atoms in total. The quantitative estimate of drug-likeness (QED) is 0.857. The molecule has 14 heavy (non-hydrogen) atoms. The highest BCUT2D eigenvalue weighted by atomic mass is 79.9. The van der Waals surface area contributed by atoms with Crippen LogP contribution in [0, 0.1) is 0 Å². The molecule has 76 valence electrons. The van der Waals surface area contributed by atoms with Crippen molar-refractivity contribution in [2.75, 3.05) is 13.2 Å². The molecule has 1 aliphatic rings. The van der Waals surface area contributed by atoms with E-state index < -0.39 is 0 Å². The van der Waals surface area contributed by atoms with Crippen LogP contribution in [0.15, 0.2) is 16.6 Å². The fourth-order valence-electron chi connectivity index (χ4n) is 1.24. The van der Waals surface area contributed by atoms with Crippen molar-refractivity contribution >= 4 is 27.5 Å². The Morgan fingerprint density at radius 2 is 2.36 bits per heavy atom. The topological polar surface area (TPSA) is 38.7 Å². The lowest BCUT2D eigenvalue weighted by molar-refractivity contribution is 0.0451. The zero-order valence-corrected chi connectivity index (χ0v) is 9.51. The maximum atomic E-state index is 8.91. The van der Waals surface area contributed by atoms with Gasteiger partial charge in [-0.05, 0) is 22.0 Å². The molecule has 0 spiro atoms. The molecule has 0 aliphatic carbocycles. The fourth-order valence-corrected chi connectivity index (χ4v) is 2.14. The van der Waals surface area contributed by atoms with Crippen LogP contribution in [0.3, 0.4) is 0 Å². The van der Waals surface area contributed by atoms with Crippen LogP contribution in [0.1, 0.15) is 0 Å². The molecule has 5 heteroatoms. The second-order valence-electron chi connectivity index (χ2n) is 2.95. The molecule has 0 aromatic heterocycles. The van der Waals surface area contributed by atoms with Crippen LogP contribution in [-0.4, -0.2) is 24.4 Å². The molecule has 0 saturated carbocycles. The number of hydrogen-bond donors (Lipinski definition) is 1. The molecule has 1 atom stereocenters. The smallest absolute Gasteiger partial charge is 0.175 e. The summed E-state index contributed by atoms with van der Waals surface area (Å²) in [5.74, 6) is 1.20. The Hall–Kier alpha value is -0.450. The molecule has 0 saturated heterocycles. The van der Waals surface area contributed by atoms with Crippen molar-refractivity contribution in [1.29, 1.82) is 0 Å². The number of fused-ring (bicyclic) bond motifs is 1. The third kappa shape index (κ3) is 1.82. The van der Waals surface area contributed by atoms with Gasteiger partial charge in [-0.2, -0.15) is 0 Å². The van der Waals surface area contributed by atoms with Gasteiger partial charge in [-0.15, -0.1) is 0 Å². The van der Waals surface area contributed by atoms with Crippen molar-refractivity contribution in [3.8, 4) is 11.5 Å². The number of aliphatic hydroxyl groups is 1. The van der Waals surface area contributed by atoms with E-state index in [0.29, 0.717) is 23.1 Å². The second kappa shape index (κ2) is 3.96. The summed E-state index contributed by atoms with van der Waals surface area (Å²) in [6.07, 6.45) is -0.312. The first-order valence-corrected chi connectivity index (χ1v) is 5.27. The van der Waals surface area contributed by atoms with Crippen molar-refractivity contribution in [3.63, 3.8) is 0 Å². The summed E-state index contributed by atoms with van der Waals surface area (Å²) in [6, 6.07) is 3.41. The van der Waals surface area contributed by atoms with Crippen LogP contribution in [0.2, 0.25) is 5.02 Å². The summed E-state index contributed by atoms with van der Waals surface area (Å²) in [6.45, 7) is 0.285. The number of aliphatic hydroxyl groups excluding tert-OH is 1. The predicted molar refractivity (Wildman–Crippen MR) is 56.1 cm³/mol. The highest BCUT2D eigenvalue weighted by Gasteiger charge is 2.22. The number of rotatable bonds is 1. The lowest BCUT2D eigenvalue weighted by Crippen LogP contribution is -2.32. The lowest BCUT2D eigenvalue weighted by atomic mass is 10.2. The molecule has 0 radical (unpaired) electrons. The summed E-state index contributed by atoms with van der Waals surface area (Å²) >= 11 is 9.17. The van der Waals surface area contributed by atoms with Gasteiger partial charge in [0.1, 0.15) is 6.61 Å². The van der Waals surface area contributed by atoms with Gasteiger partial charge in [-0.25, -0.2) is 0 Å². The summed E-state index contributed by atoms with van der Waals surface area (Å²) in [4.78, 5) is 0. The van der Waals surface area contributed by atoms with Gasteiger partial charge in [0.05, 0.1) is 11.1 Å². The minimum absolute atomic E-state index is 0.0659. The van der Waals surface area contributed by atoms with Gasteiger partial charge >= 0.3 is 0 Å². The molecule has 1 aromatic rings. The van der Waals surface area contributed by atoms with Gasteiger partial charge < -0.3 is 14.6 Å². The number of ether oxygens (including phenoxy) is 2. The Labute approximate surface area is 94.7 Å². The molecule has 1 aliphatic heterocycles. The van der Waals surface area contributed by atoms with Crippen molar-refractivity contribution in [1.82, 2.24) is 0 Å². The van der Waals surface area contributed by atoms with Crippen LogP contribution in [0.4, 0.5) is 0 Å². The highest BCUT2D eigenvalue weighted by molar-refractivity contribution is 9.10. The number of benzene rings is 1. The van der Waals surface area contributed by atoms with Gasteiger partial charge in [0.25, 0.3) is 0 Å². The first-order valence-electron chi connectivity index (χ1n) is 4.10. The fraction of sp³-hybridized carbons (Fsp3) is 0.333. The van der Waals surface area contributed by atoms with Crippen LogP contribution >= 0.6 is 27.5 Å². The molecular formula is C9H8BrClO3. The van der Waals surface area contributed by atoms with E-state index in [4.69, 9.17) is 26.2 Å². The molecule has 1 aromatic carbocycles. The van der Waals surface area contributed by atoms with Gasteiger partial charge in [0.15, 0.2) is 17.6 Å². The van der Waals surface area contributed by atoms with E-state index in [1.807, 2.05) is 0 Å². The molecule has 0 bridgehead atoms. The Morgan fingerprint density at radius 1 is 1.57 bits per heavy atom. The van der Waals surface area contributed by atoms with Gasteiger partial charge in [0, 0.05) is 11.1 Å². The number of hydrogen-bond acceptors (Lipinski definition) is 3. The Kier molecular flexibility index (Phi) is 2.85. The van der Waals surface area contributed by atoms with Crippen molar-refractivity contribution in [2.24, 2.45) is 0 Å². The summed E-state index contributed by atoms with van der Waals surface area (Å²) in [5.41, 5.74) is 0. The van der Waals surface area contributed by atoms with Crippen molar-refractivity contribution < 1.29 is 14.6 Å². The first kappa shape index (κ1) is 10.1. The second-order valence-corrected chi connectivity index (χ2v) is 4.24. The van der Waals surface area contributed by atoms with E-state index in [1.54, 1.807) is 12.1 Å². The zero-order chi connectivity index (χ0) is 10.1. The monoisotopic (exact) mass is 278 g/mol. The van der Waals surface area contributed by atoms with E-state index in [2.05, 4.69) is 15.9 Å². The standard InChI is InChI=1S/C9H8BrClO3/c10-7-1-5(11)2-8-9(7)13-4-6(3-12)14-8/h1-2,6,12H,3-4H2. The van der Waals surface area contributed by atoms with Gasteiger partial charge in [-0.1, -0.05) is 11.6 Å². The Bertz CT molecular complexity index is 356. The zero-order valence-electron chi connectivity index (χ0n) is 7.17. The average Bonchev–Trinajstić information content (AvgIpc) is 2.16. The SMILES string of the molecule is OCC1COc2c(Br)cc(Cl)cc2O1. The minimum Gasteiger partial charge on any atom is -0.485 e. The Balaban J connectivity index is 2.37. The molecule has 1 heterocycles. The normalized spacial score (nSPS) is 19.5. The van der Waals surface area contributed by atoms with Crippen LogP contribution in [0.25, 0.3) is 0 Å². The Morgan fingerprint density at radius 3 is 3.07 bits per heavy atom. The largest absolute Gasteiger partial charge is 0.485 e. The molecule has 2 rings (SSSR count). The maximum Gasteiger partial charge on any atom is 0.175 e. The summed E-state index contributed by atoms with van der Waals surface area (Å²) < 4.78 is 11.6. The van der Waals surface area contributed by atoms with E-state index in [-0.39, 0.29) is 12.7 Å². The summed E-state index contributed by atoms with van der Waals surface area (Å²) in [5, 5.41) is 9.47. The van der Waals surface area contributed by atoms with E-state index in [0.717, 1.165) is 4.47 Å². The third-order valence-electron chi connectivity index (χ3n) is 1.89. The number of halogens is 2. The van der Waals surface area contributed by atoms with Crippen LogP contribution in [0.5, 0.6) is 11.5 Å². The van der Waals surface area contributed by atoms with Crippen LogP contribution < -0.4 is 9.47 Å². The van der Waals surface area contributed by atoms with Gasteiger partial charge in [0.2, 0.25) is 0 Å². The molecule has 0 fully saturated rings. The third-order valence-corrected chi connectivity index (χ3v) is 2.69. The maximum absolute atomic E-state index is 8.91. The summed E-state index contributed by atoms with van der Waals surface area (Å²) in [7, 11) is 0. The molecular weight excluding hydrogens is 271 g/mol.